The summed E-state index contributed by atoms with van der Waals surface area (Å²) in [6.45, 7) is 1.54. The van der Waals surface area contributed by atoms with E-state index in [1.54, 1.807) is 6.92 Å². The number of rotatable bonds is 3. The van der Waals surface area contributed by atoms with E-state index in [4.69, 9.17) is 0 Å². The van der Waals surface area contributed by atoms with Gasteiger partial charge < -0.3 is 4.74 Å². The van der Waals surface area contributed by atoms with Gasteiger partial charge in [0.1, 0.15) is 6.10 Å². The van der Waals surface area contributed by atoms with Gasteiger partial charge in [0, 0.05) is 7.11 Å². The first-order valence-electron chi connectivity index (χ1n) is 2.32. The van der Waals surface area contributed by atoms with E-state index < -0.39 is 12.5 Å². The smallest absolute Gasteiger partial charge is 0.264 e. The lowest BCUT2D eigenvalue weighted by Gasteiger charge is -2.09. The van der Waals surface area contributed by atoms with Crippen molar-refractivity contribution < 1.29 is 13.5 Å². The van der Waals surface area contributed by atoms with E-state index in [-0.39, 0.29) is 0 Å². The average Bonchev–Trinajstić information content (AvgIpc) is 1.69. The summed E-state index contributed by atoms with van der Waals surface area (Å²) in [6.07, 6.45) is -2.08. The number of hydrogen-bond donors (Lipinski definition) is 0. The number of halogens is 2. The van der Waals surface area contributed by atoms with Gasteiger partial charge >= 0.3 is 0 Å². The molecule has 0 spiro atoms. The van der Waals surface area contributed by atoms with Crippen LogP contribution in [0.1, 0.15) is 6.92 Å². The van der Waals surface area contributed by atoms with Crippen molar-refractivity contribution in [3.63, 3.8) is 0 Å². The van der Waals surface area contributed by atoms with Crippen LogP contribution in [0.2, 0.25) is 0 Å². The van der Waals surface area contributed by atoms with E-state index >= 15 is 0 Å². The van der Waals surface area contributed by atoms with Gasteiger partial charge in [-0.2, -0.15) is 0 Å². The van der Waals surface area contributed by atoms with Crippen LogP contribution in [0, 0.1) is 6.42 Å². The summed E-state index contributed by atoms with van der Waals surface area (Å²) in [6, 6.07) is 0. The molecular weight excluding hydrogens is 114 g/mol. The largest absolute Gasteiger partial charge is 0.375 e. The van der Waals surface area contributed by atoms with Crippen molar-refractivity contribution in [1.29, 1.82) is 0 Å². The Balaban J connectivity index is 3.35. The van der Waals surface area contributed by atoms with Gasteiger partial charge in [-0.05, 0) is 6.42 Å². The molecule has 0 bridgehead atoms. The Morgan fingerprint density at radius 3 is 2.00 bits per heavy atom. The molecular formula is C5H9F2O. The molecule has 49 valence electrons. The molecule has 1 atom stereocenters. The SMILES string of the molecule is C[CH]C(OC)C(F)F. The lowest BCUT2D eigenvalue weighted by atomic mass is 10.3. The van der Waals surface area contributed by atoms with Gasteiger partial charge in [-0.25, -0.2) is 8.78 Å². The first-order valence-corrected chi connectivity index (χ1v) is 2.32. The first-order chi connectivity index (χ1) is 3.72. The lowest BCUT2D eigenvalue weighted by molar-refractivity contribution is -0.0130. The number of hydrogen-bond acceptors (Lipinski definition) is 1. The number of ether oxygens (including phenoxy) is 1. The zero-order valence-electron chi connectivity index (χ0n) is 4.90. The summed E-state index contributed by atoms with van der Waals surface area (Å²) in [4.78, 5) is 0. The fourth-order valence-electron chi connectivity index (χ4n) is 0.384. The minimum Gasteiger partial charge on any atom is -0.375 e. The van der Waals surface area contributed by atoms with Crippen LogP contribution in [0.4, 0.5) is 8.78 Å². The molecule has 1 unspecified atom stereocenters. The molecule has 0 heterocycles. The van der Waals surface area contributed by atoms with Crippen LogP contribution >= 0.6 is 0 Å². The molecule has 0 saturated heterocycles. The Bertz CT molecular complexity index is 52.4. The van der Waals surface area contributed by atoms with Crippen molar-refractivity contribution in [1.82, 2.24) is 0 Å². The molecule has 0 aromatic rings. The van der Waals surface area contributed by atoms with Crippen LogP contribution in [-0.2, 0) is 4.74 Å². The molecule has 0 N–H and O–H groups in total. The molecule has 8 heavy (non-hydrogen) atoms. The second kappa shape index (κ2) is 3.78. The van der Waals surface area contributed by atoms with Crippen molar-refractivity contribution in [2.24, 2.45) is 0 Å². The molecule has 0 rings (SSSR count). The van der Waals surface area contributed by atoms with Crippen molar-refractivity contribution in [2.75, 3.05) is 7.11 Å². The van der Waals surface area contributed by atoms with Gasteiger partial charge in [0.25, 0.3) is 6.43 Å². The van der Waals surface area contributed by atoms with E-state index in [0.29, 0.717) is 0 Å². The summed E-state index contributed by atoms with van der Waals surface area (Å²) in [7, 11) is 1.26. The molecule has 0 fully saturated rings. The number of methoxy groups -OCH3 is 1. The minimum absolute atomic E-state index is 1.00. The standard InChI is InChI=1S/C5H9F2O/c1-3-4(8-2)5(6)7/h3-5H,1-2H3. The van der Waals surface area contributed by atoms with Gasteiger partial charge in [0.2, 0.25) is 0 Å². The topological polar surface area (TPSA) is 9.23 Å². The predicted octanol–water partition coefficient (Wildman–Crippen LogP) is 1.49. The van der Waals surface area contributed by atoms with Crippen molar-refractivity contribution >= 4 is 0 Å². The third-order valence-corrected chi connectivity index (χ3v) is 0.849. The predicted molar refractivity (Wildman–Crippen MR) is 26.8 cm³/mol. The Morgan fingerprint density at radius 1 is 1.50 bits per heavy atom. The van der Waals surface area contributed by atoms with Crippen LogP contribution in [0.15, 0.2) is 0 Å². The van der Waals surface area contributed by atoms with Crippen molar-refractivity contribution in [2.45, 2.75) is 19.5 Å². The molecule has 0 aliphatic carbocycles. The van der Waals surface area contributed by atoms with E-state index in [0.717, 1.165) is 0 Å². The monoisotopic (exact) mass is 123 g/mol. The van der Waals surface area contributed by atoms with Gasteiger partial charge in [-0.1, -0.05) is 6.92 Å². The lowest BCUT2D eigenvalue weighted by Crippen LogP contribution is -2.19. The van der Waals surface area contributed by atoms with Crippen LogP contribution in [0.25, 0.3) is 0 Å². The van der Waals surface area contributed by atoms with E-state index in [1.165, 1.54) is 13.5 Å². The highest BCUT2D eigenvalue weighted by Gasteiger charge is 2.16. The fourth-order valence-corrected chi connectivity index (χ4v) is 0.384. The Labute approximate surface area is 47.6 Å². The van der Waals surface area contributed by atoms with Gasteiger partial charge in [-0.15, -0.1) is 0 Å². The zero-order chi connectivity index (χ0) is 6.57. The molecule has 0 amide bonds. The molecule has 1 radical (unpaired) electrons. The fraction of sp³-hybridized carbons (Fsp3) is 0.800. The summed E-state index contributed by atoms with van der Waals surface area (Å²) < 4.78 is 27.4. The molecule has 3 heteroatoms. The normalized spacial score (nSPS) is 14.6. The molecule has 0 aliphatic rings. The quantitative estimate of drug-likeness (QED) is 0.552. The Kier molecular flexibility index (Phi) is 3.69. The highest BCUT2D eigenvalue weighted by Crippen LogP contribution is 2.06. The third-order valence-electron chi connectivity index (χ3n) is 0.849. The van der Waals surface area contributed by atoms with E-state index in [2.05, 4.69) is 4.74 Å². The van der Waals surface area contributed by atoms with Crippen LogP contribution in [0.3, 0.4) is 0 Å². The van der Waals surface area contributed by atoms with Crippen LogP contribution in [0.5, 0.6) is 0 Å². The highest BCUT2D eigenvalue weighted by molar-refractivity contribution is 4.72. The Morgan fingerprint density at radius 2 is 2.00 bits per heavy atom. The van der Waals surface area contributed by atoms with Gasteiger partial charge in [-0.3, -0.25) is 0 Å². The number of alkyl halides is 2. The van der Waals surface area contributed by atoms with Crippen molar-refractivity contribution in [3.8, 4) is 0 Å². The van der Waals surface area contributed by atoms with E-state index in [9.17, 15) is 8.78 Å². The summed E-state index contributed by atoms with van der Waals surface area (Å²) >= 11 is 0. The second-order valence-corrected chi connectivity index (χ2v) is 1.37. The first kappa shape index (κ1) is 7.82. The van der Waals surface area contributed by atoms with Crippen LogP contribution in [-0.4, -0.2) is 19.6 Å². The third kappa shape index (κ3) is 2.21. The molecule has 0 aromatic heterocycles. The van der Waals surface area contributed by atoms with Gasteiger partial charge in [0.05, 0.1) is 0 Å². The maximum absolute atomic E-state index is 11.5. The van der Waals surface area contributed by atoms with E-state index in [1.807, 2.05) is 0 Å². The maximum atomic E-state index is 11.5. The van der Waals surface area contributed by atoms with Crippen LogP contribution < -0.4 is 0 Å². The Hall–Kier alpha value is -0.180. The zero-order valence-corrected chi connectivity index (χ0v) is 4.90. The minimum atomic E-state index is -2.40. The summed E-state index contributed by atoms with van der Waals surface area (Å²) in [5.41, 5.74) is 0. The highest BCUT2D eigenvalue weighted by atomic mass is 19.3. The molecule has 1 nitrogen and oxygen atoms in total. The summed E-state index contributed by atoms with van der Waals surface area (Å²) in [5.74, 6) is 0. The average molecular weight is 123 g/mol. The molecule has 0 saturated carbocycles. The van der Waals surface area contributed by atoms with Crippen molar-refractivity contribution in [3.05, 3.63) is 6.42 Å². The molecule has 0 aromatic carbocycles. The molecule has 0 aliphatic heterocycles. The van der Waals surface area contributed by atoms with Gasteiger partial charge in [0.15, 0.2) is 0 Å². The second-order valence-electron chi connectivity index (χ2n) is 1.37. The maximum Gasteiger partial charge on any atom is 0.264 e. The summed E-state index contributed by atoms with van der Waals surface area (Å²) in [5, 5.41) is 0.